The molecular formula is C35H30ClFN4O6. The summed E-state index contributed by atoms with van der Waals surface area (Å²) in [5, 5.41) is 12.1. The lowest BCUT2D eigenvalue weighted by Gasteiger charge is -2.50. The number of anilines is 1. The molecule has 0 radical (unpaired) electrons. The number of benzene rings is 3. The molecule has 2 saturated heterocycles. The molecule has 1 saturated carbocycles. The number of aryl methyl sites for hydroxylation is 2. The monoisotopic (exact) mass is 656 g/mol. The Morgan fingerprint density at radius 1 is 0.957 bits per heavy atom. The standard InChI is InChI=1S/C35H30ClFN4O6/c1-16-13-18(14-17(2)29(16)42)28-23-11-12-24-27(32(45)40(30(24)43)34(38)47)25(23)15-26-31(44)41(39-22-9-7-21(37)8-10-22)33(46)35(26,28)19-3-5-20(36)6-4-19/h3-11,13-14,24-28,39,42H,12,15H2,1-2H3,(H2,38,47). The maximum atomic E-state index is 15.1. The first kappa shape index (κ1) is 30.6. The first-order valence-corrected chi connectivity index (χ1v) is 15.6. The number of urea groups is 1. The molecule has 3 aromatic rings. The molecule has 3 fully saturated rings. The Balaban J connectivity index is 1.48. The Morgan fingerprint density at radius 3 is 2.21 bits per heavy atom. The molecule has 4 N–H and O–H groups in total. The van der Waals surface area contributed by atoms with Crippen LogP contribution in [-0.2, 0) is 24.6 Å². The number of carbonyl (C=O) groups is 5. The number of hydrogen-bond acceptors (Lipinski definition) is 7. The van der Waals surface area contributed by atoms with Gasteiger partial charge in [-0.2, -0.15) is 9.91 Å². The van der Waals surface area contributed by atoms with Gasteiger partial charge in [-0.1, -0.05) is 47.5 Å². The summed E-state index contributed by atoms with van der Waals surface area (Å²) in [6, 6.07) is 14.3. The van der Waals surface area contributed by atoms with Gasteiger partial charge in [-0.05, 0) is 91.3 Å². The number of fused-ring (bicyclic) bond motifs is 4. The zero-order valence-electron chi connectivity index (χ0n) is 25.4. The van der Waals surface area contributed by atoms with Crippen LogP contribution < -0.4 is 11.2 Å². The summed E-state index contributed by atoms with van der Waals surface area (Å²) in [4.78, 5) is 69.3. The minimum atomic E-state index is -1.56. The SMILES string of the molecule is Cc1cc(C2C3=CCC4C(=O)N(C(N)=O)C(=O)C4C3CC3C(=O)N(Nc4ccc(F)cc4)C(=O)C32c2ccc(Cl)cc2)cc(C)c1O. The Hall–Kier alpha value is -5.03. The van der Waals surface area contributed by atoms with E-state index in [1.54, 1.807) is 50.2 Å². The van der Waals surface area contributed by atoms with E-state index in [9.17, 15) is 28.7 Å². The van der Waals surface area contributed by atoms with E-state index in [1.807, 2.05) is 6.08 Å². The van der Waals surface area contributed by atoms with Crippen LogP contribution in [0.2, 0.25) is 5.02 Å². The van der Waals surface area contributed by atoms with Gasteiger partial charge in [0.2, 0.25) is 11.8 Å². The Bertz CT molecular complexity index is 1910. The summed E-state index contributed by atoms with van der Waals surface area (Å²) in [5.41, 5.74) is 10.00. The summed E-state index contributed by atoms with van der Waals surface area (Å²) in [5.74, 6) is -7.36. The minimum absolute atomic E-state index is 0.0139. The molecule has 6 atom stereocenters. The van der Waals surface area contributed by atoms with Crippen LogP contribution in [-0.4, -0.2) is 44.7 Å². The number of nitrogens with zero attached hydrogens (tertiary/aromatic N) is 2. The van der Waals surface area contributed by atoms with Gasteiger partial charge in [-0.3, -0.25) is 24.6 Å². The van der Waals surface area contributed by atoms with Crippen molar-refractivity contribution in [2.75, 3.05) is 5.43 Å². The number of carbonyl (C=O) groups excluding carboxylic acids is 5. The predicted molar refractivity (Wildman–Crippen MR) is 168 cm³/mol. The largest absolute Gasteiger partial charge is 0.507 e. The fraction of sp³-hybridized carbons (Fsp3) is 0.286. The molecule has 10 nitrogen and oxygen atoms in total. The van der Waals surface area contributed by atoms with Crippen LogP contribution in [0.15, 0.2) is 72.3 Å². The summed E-state index contributed by atoms with van der Waals surface area (Å²) in [6.45, 7) is 3.47. The maximum absolute atomic E-state index is 15.1. The Morgan fingerprint density at radius 2 is 1.60 bits per heavy atom. The van der Waals surface area contributed by atoms with E-state index in [0.717, 1.165) is 5.01 Å². The van der Waals surface area contributed by atoms with Crippen molar-refractivity contribution < 1.29 is 33.5 Å². The second kappa shape index (κ2) is 10.8. The molecule has 47 heavy (non-hydrogen) atoms. The number of nitrogens with two attached hydrogens (primary N) is 1. The van der Waals surface area contributed by atoms with Crippen LogP contribution in [0.1, 0.15) is 41.0 Å². The predicted octanol–water partition coefficient (Wildman–Crippen LogP) is 4.87. The Labute approximate surface area is 273 Å². The van der Waals surface area contributed by atoms with Gasteiger partial charge >= 0.3 is 6.03 Å². The van der Waals surface area contributed by atoms with Gasteiger partial charge < -0.3 is 10.8 Å². The summed E-state index contributed by atoms with van der Waals surface area (Å²) < 4.78 is 13.8. The highest BCUT2D eigenvalue weighted by atomic mass is 35.5. The fourth-order valence-corrected chi connectivity index (χ4v) is 8.53. The van der Waals surface area contributed by atoms with E-state index in [2.05, 4.69) is 5.43 Å². The number of phenols is 1. The Kier molecular flexibility index (Phi) is 7.01. The number of imide groups is 4. The molecule has 0 aromatic heterocycles. The van der Waals surface area contributed by atoms with Crippen molar-refractivity contribution in [1.82, 2.24) is 9.91 Å². The average molecular weight is 657 g/mol. The lowest BCUT2D eigenvalue weighted by molar-refractivity contribution is -0.139. The van der Waals surface area contributed by atoms with Gasteiger partial charge in [0.15, 0.2) is 0 Å². The van der Waals surface area contributed by atoms with Crippen molar-refractivity contribution in [2.45, 2.75) is 38.0 Å². The molecule has 12 heteroatoms. The van der Waals surface area contributed by atoms with Crippen LogP contribution >= 0.6 is 11.6 Å². The number of nitrogens with one attached hydrogen (secondary N) is 1. The molecule has 6 amide bonds. The molecule has 6 unspecified atom stereocenters. The summed E-state index contributed by atoms with van der Waals surface area (Å²) >= 11 is 6.30. The van der Waals surface area contributed by atoms with E-state index in [4.69, 9.17) is 17.3 Å². The number of likely N-dealkylation sites (tertiary alicyclic amines) is 1. The third kappa shape index (κ3) is 4.32. The van der Waals surface area contributed by atoms with Gasteiger partial charge in [-0.25, -0.2) is 9.18 Å². The van der Waals surface area contributed by atoms with Crippen molar-refractivity contribution in [1.29, 1.82) is 0 Å². The van der Waals surface area contributed by atoms with Gasteiger partial charge in [0, 0.05) is 10.9 Å². The van der Waals surface area contributed by atoms with Crippen LogP contribution in [0.25, 0.3) is 0 Å². The van der Waals surface area contributed by atoms with Crippen LogP contribution in [0, 0.1) is 43.3 Å². The van der Waals surface area contributed by atoms with Crippen LogP contribution in [0.5, 0.6) is 5.75 Å². The summed E-state index contributed by atoms with van der Waals surface area (Å²) in [6.07, 6.45) is 1.99. The topological polar surface area (TPSA) is 150 Å². The average Bonchev–Trinajstić information content (AvgIpc) is 3.42. The van der Waals surface area contributed by atoms with Crippen molar-refractivity contribution in [3.63, 3.8) is 0 Å². The third-order valence-corrected chi connectivity index (χ3v) is 10.6. The van der Waals surface area contributed by atoms with E-state index < -0.39 is 70.5 Å². The molecule has 0 bridgehead atoms. The zero-order valence-corrected chi connectivity index (χ0v) is 26.1. The first-order valence-electron chi connectivity index (χ1n) is 15.2. The lowest BCUT2D eigenvalue weighted by Crippen LogP contribution is -2.53. The number of primary amides is 1. The maximum Gasteiger partial charge on any atom is 0.328 e. The number of hydrogen-bond donors (Lipinski definition) is 3. The molecule has 0 spiro atoms. The van der Waals surface area contributed by atoms with Crippen molar-refractivity contribution >= 4 is 46.9 Å². The number of halogens is 2. The van der Waals surface area contributed by atoms with Gasteiger partial charge in [0.25, 0.3) is 11.8 Å². The van der Waals surface area contributed by atoms with E-state index in [1.165, 1.54) is 24.3 Å². The second-order valence-electron chi connectivity index (χ2n) is 12.7. The lowest BCUT2D eigenvalue weighted by atomic mass is 9.49. The molecule has 240 valence electrons. The highest BCUT2D eigenvalue weighted by Gasteiger charge is 2.70. The van der Waals surface area contributed by atoms with Gasteiger partial charge in [0.1, 0.15) is 11.6 Å². The second-order valence-corrected chi connectivity index (χ2v) is 13.2. The molecule has 2 aliphatic carbocycles. The van der Waals surface area contributed by atoms with E-state index in [0.29, 0.717) is 43.4 Å². The number of phenolic OH excluding ortho intramolecular Hbond substituents is 1. The number of rotatable bonds is 4. The van der Waals surface area contributed by atoms with Crippen molar-refractivity contribution in [3.05, 3.63) is 105 Å². The van der Waals surface area contributed by atoms with Crippen LogP contribution in [0.3, 0.4) is 0 Å². The minimum Gasteiger partial charge on any atom is -0.507 e. The highest BCUT2D eigenvalue weighted by molar-refractivity contribution is 6.30. The van der Waals surface area contributed by atoms with Gasteiger partial charge in [-0.15, -0.1) is 0 Å². The smallest absolute Gasteiger partial charge is 0.328 e. The molecule has 2 aliphatic heterocycles. The number of allylic oxidation sites excluding steroid dienone is 2. The molecule has 7 rings (SSSR count). The van der Waals surface area contributed by atoms with Crippen LogP contribution in [0.4, 0.5) is 14.9 Å². The van der Waals surface area contributed by atoms with E-state index in [-0.39, 0.29) is 18.6 Å². The van der Waals surface area contributed by atoms with E-state index >= 15 is 4.79 Å². The van der Waals surface area contributed by atoms with Crippen molar-refractivity contribution in [3.8, 4) is 5.75 Å². The molecular weight excluding hydrogens is 627 g/mol. The summed E-state index contributed by atoms with van der Waals surface area (Å²) in [7, 11) is 0. The van der Waals surface area contributed by atoms with Gasteiger partial charge in [0.05, 0.1) is 28.9 Å². The number of hydrazine groups is 1. The number of aromatic hydroxyl groups is 1. The number of amides is 6. The quantitative estimate of drug-likeness (QED) is 0.268. The fourth-order valence-electron chi connectivity index (χ4n) is 8.40. The molecule has 3 aromatic carbocycles. The molecule has 2 heterocycles. The highest BCUT2D eigenvalue weighted by Crippen LogP contribution is 2.64. The molecule has 4 aliphatic rings. The first-order chi connectivity index (χ1) is 22.4. The van der Waals surface area contributed by atoms with Crippen molar-refractivity contribution in [2.24, 2.45) is 29.4 Å². The normalized spacial score (nSPS) is 28.2. The zero-order chi connectivity index (χ0) is 33.5. The third-order valence-electron chi connectivity index (χ3n) is 10.3.